The molecule has 0 spiro atoms. The Labute approximate surface area is 214 Å². The van der Waals surface area contributed by atoms with Gasteiger partial charge in [-0.1, -0.05) is 48.2 Å². The van der Waals surface area contributed by atoms with Crippen LogP contribution in [0.15, 0.2) is 77.0 Å². The van der Waals surface area contributed by atoms with Crippen molar-refractivity contribution in [2.45, 2.75) is 19.8 Å². The van der Waals surface area contributed by atoms with Gasteiger partial charge in [0.1, 0.15) is 6.61 Å². The van der Waals surface area contributed by atoms with E-state index in [1.165, 1.54) is 19.3 Å². The van der Waals surface area contributed by atoms with E-state index in [0.717, 1.165) is 17.3 Å². The summed E-state index contributed by atoms with van der Waals surface area (Å²) < 4.78 is 10.5. The molecule has 0 radical (unpaired) electrons. The molecule has 0 aliphatic carbocycles. The van der Waals surface area contributed by atoms with Gasteiger partial charge in [-0.25, -0.2) is 4.79 Å². The second kappa shape index (κ2) is 12.0. The number of ether oxygens (including phenoxy) is 2. The molecule has 1 atom stereocenters. The van der Waals surface area contributed by atoms with Crippen molar-refractivity contribution in [2.75, 3.05) is 24.8 Å². The van der Waals surface area contributed by atoms with E-state index in [1.54, 1.807) is 19.1 Å². The summed E-state index contributed by atoms with van der Waals surface area (Å²) >= 11 is 1.16. The molecule has 1 heterocycles. The molecule has 0 aromatic heterocycles. The van der Waals surface area contributed by atoms with Crippen LogP contribution in [0.3, 0.4) is 0 Å². The molecule has 36 heavy (non-hydrogen) atoms. The molecular weight excluding hydrogens is 478 g/mol. The van der Waals surface area contributed by atoms with Crippen LogP contribution < -0.4 is 15.4 Å². The normalized spacial score (nSPS) is 15.0. The van der Waals surface area contributed by atoms with E-state index >= 15 is 0 Å². The van der Waals surface area contributed by atoms with E-state index in [-0.39, 0.29) is 40.9 Å². The lowest BCUT2D eigenvalue weighted by Crippen LogP contribution is -2.29. The van der Waals surface area contributed by atoms with Gasteiger partial charge in [0.15, 0.2) is 11.5 Å². The van der Waals surface area contributed by atoms with Crippen LogP contribution in [0.25, 0.3) is 0 Å². The number of benzene rings is 2. The van der Waals surface area contributed by atoms with E-state index in [9.17, 15) is 20.0 Å². The first-order valence-electron chi connectivity index (χ1n) is 11.0. The number of phenols is 1. The molecule has 0 saturated heterocycles. The average Bonchev–Trinajstić information content (AvgIpc) is 2.87. The smallest absolute Gasteiger partial charge is 0.337 e. The van der Waals surface area contributed by atoms with Crippen molar-refractivity contribution in [1.29, 1.82) is 5.26 Å². The third-order valence-electron chi connectivity index (χ3n) is 5.42. The fourth-order valence-electron chi connectivity index (χ4n) is 3.69. The predicted molar refractivity (Wildman–Crippen MR) is 139 cm³/mol. The number of rotatable bonds is 9. The number of phenolic OH excluding ortho intramolecular Hbond substituents is 1. The lowest BCUT2D eigenvalue weighted by molar-refractivity contribution is -0.138. The van der Waals surface area contributed by atoms with Crippen molar-refractivity contribution in [3.05, 3.63) is 88.1 Å². The third kappa shape index (κ3) is 6.09. The molecule has 1 aliphatic heterocycles. The number of hydrogen-bond donors (Lipinski definition) is 3. The van der Waals surface area contributed by atoms with Crippen molar-refractivity contribution in [3.8, 4) is 17.6 Å². The van der Waals surface area contributed by atoms with Gasteiger partial charge in [-0.15, -0.1) is 0 Å². The van der Waals surface area contributed by atoms with Gasteiger partial charge in [0.2, 0.25) is 5.91 Å². The lowest BCUT2D eigenvalue weighted by Gasteiger charge is -2.29. The highest BCUT2D eigenvalue weighted by Gasteiger charge is 2.36. The van der Waals surface area contributed by atoms with Crippen molar-refractivity contribution < 1.29 is 24.2 Å². The zero-order valence-corrected chi connectivity index (χ0v) is 21.1. The number of anilines is 1. The van der Waals surface area contributed by atoms with E-state index in [0.29, 0.717) is 22.0 Å². The fourth-order valence-corrected chi connectivity index (χ4v) is 4.58. The summed E-state index contributed by atoms with van der Waals surface area (Å²) in [6.45, 7) is 7.24. The summed E-state index contributed by atoms with van der Waals surface area (Å²) in [6.07, 6.45) is 1.46. The van der Waals surface area contributed by atoms with Crippen molar-refractivity contribution in [2.24, 2.45) is 0 Å². The number of nitrogens with one attached hydrogen (secondary N) is 2. The van der Waals surface area contributed by atoms with Crippen molar-refractivity contribution in [3.63, 3.8) is 0 Å². The van der Waals surface area contributed by atoms with Gasteiger partial charge in [0.25, 0.3) is 0 Å². The Kier molecular flexibility index (Phi) is 8.81. The average molecular weight is 506 g/mol. The first-order chi connectivity index (χ1) is 17.3. The summed E-state index contributed by atoms with van der Waals surface area (Å²) in [5.41, 5.74) is 3.28. The zero-order valence-electron chi connectivity index (χ0n) is 20.3. The van der Waals surface area contributed by atoms with E-state index in [4.69, 9.17) is 9.47 Å². The lowest BCUT2D eigenvalue weighted by atomic mass is 9.82. The first-order valence-corrected chi connectivity index (χ1v) is 12.0. The number of nitrogens with zero attached hydrogens (tertiary/aromatic N) is 1. The maximum absolute atomic E-state index is 13.0. The van der Waals surface area contributed by atoms with Crippen LogP contribution in [0.1, 0.15) is 24.0 Å². The highest BCUT2D eigenvalue weighted by molar-refractivity contribution is 8.03. The molecule has 2 aromatic carbocycles. The number of carbonyl (C=O) groups excluding carboxylic acids is 2. The Bertz CT molecular complexity index is 1280. The van der Waals surface area contributed by atoms with E-state index in [2.05, 4.69) is 23.3 Å². The summed E-state index contributed by atoms with van der Waals surface area (Å²) in [7, 11) is 1.41. The van der Waals surface area contributed by atoms with Crippen LogP contribution in [0.2, 0.25) is 0 Å². The minimum absolute atomic E-state index is 0.00756. The number of nitriles is 1. The molecule has 186 valence electrons. The van der Waals surface area contributed by atoms with Crippen molar-refractivity contribution >= 4 is 29.3 Å². The number of aromatic hydroxyl groups is 1. The SMILES string of the molecule is C=CCOC(=O)C1=C(C)NC(SCC(=O)Nc2ccc(C)cc2)=C(C#N)[C@H]1c1ccc(O)c(OC)c1. The topological polar surface area (TPSA) is 121 Å². The number of hydrogen-bond acceptors (Lipinski definition) is 8. The molecule has 1 aliphatic rings. The monoisotopic (exact) mass is 505 g/mol. The molecule has 0 fully saturated rings. The van der Waals surface area contributed by atoms with Gasteiger partial charge in [0, 0.05) is 11.4 Å². The van der Waals surface area contributed by atoms with Gasteiger partial charge < -0.3 is 25.2 Å². The predicted octanol–water partition coefficient (Wildman–Crippen LogP) is 4.51. The largest absolute Gasteiger partial charge is 0.504 e. The quantitative estimate of drug-likeness (QED) is 0.336. The Balaban J connectivity index is 1.94. The number of esters is 1. The summed E-state index contributed by atoms with van der Waals surface area (Å²) in [6, 6.07) is 14.3. The minimum atomic E-state index is -0.800. The summed E-state index contributed by atoms with van der Waals surface area (Å²) in [5.74, 6) is -1.48. The first kappa shape index (κ1) is 26.4. The number of dihydropyridines is 1. The Morgan fingerprint density at radius 2 is 1.97 bits per heavy atom. The number of amides is 1. The number of methoxy groups -OCH3 is 1. The maximum Gasteiger partial charge on any atom is 0.337 e. The molecule has 1 amide bonds. The third-order valence-corrected chi connectivity index (χ3v) is 6.44. The van der Waals surface area contributed by atoms with Crippen LogP contribution in [0.5, 0.6) is 11.5 Å². The highest BCUT2D eigenvalue weighted by atomic mass is 32.2. The Morgan fingerprint density at radius 3 is 2.61 bits per heavy atom. The Hall–Kier alpha value is -4.16. The van der Waals surface area contributed by atoms with Crippen molar-refractivity contribution in [1.82, 2.24) is 5.32 Å². The molecule has 3 rings (SSSR count). The van der Waals surface area contributed by atoms with Gasteiger partial charge in [0.05, 0.1) is 41.0 Å². The minimum Gasteiger partial charge on any atom is -0.504 e. The van der Waals surface area contributed by atoms with Crippen LogP contribution in [0.4, 0.5) is 5.69 Å². The fraction of sp³-hybridized carbons (Fsp3) is 0.222. The van der Waals surface area contributed by atoms with Crippen LogP contribution in [-0.4, -0.2) is 36.5 Å². The molecule has 0 saturated carbocycles. The number of aryl methyl sites for hydroxylation is 1. The van der Waals surface area contributed by atoms with Gasteiger partial charge in [-0.3, -0.25) is 4.79 Å². The molecule has 8 nitrogen and oxygen atoms in total. The zero-order chi connectivity index (χ0) is 26.2. The van der Waals surface area contributed by atoms with Crippen LogP contribution in [0, 0.1) is 18.3 Å². The number of allylic oxidation sites excluding steroid dienone is 2. The van der Waals surface area contributed by atoms with Gasteiger partial charge in [-0.05, 0) is 43.7 Å². The molecule has 0 bridgehead atoms. The van der Waals surface area contributed by atoms with E-state index in [1.807, 2.05) is 31.2 Å². The maximum atomic E-state index is 13.0. The summed E-state index contributed by atoms with van der Waals surface area (Å²) in [5, 5.41) is 26.6. The molecule has 0 unspecified atom stereocenters. The number of carbonyl (C=O) groups is 2. The van der Waals surface area contributed by atoms with E-state index < -0.39 is 11.9 Å². The molecule has 9 heteroatoms. The second-order valence-electron chi connectivity index (χ2n) is 7.97. The number of thioether (sulfide) groups is 1. The molecule has 3 N–H and O–H groups in total. The van der Waals surface area contributed by atoms with Gasteiger partial charge in [-0.2, -0.15) is 5.26 Å². The standard InChI is InChI=1S/C27H27N3O5S/c1-5-12-35-27(33)24-17(3)29-26(36-15-23(32)30-19-9-6-16(2)7-10-19)20(14-28)25(24)18-8-11-21(31)22(13-18)34-4/h5-11,13,25,29,31H,1,12,15H2,2-4H3,(H,30,32)/t25-/m1/s1. The molecular formula is C27H27N3O5S. The Morgan fingerprint density at radius 1 is 1.25 bits per heavy atom. The second-order valence-corrected chi connectivity index (χ2v) is 8.96. The van der Waals surface area contributed by atoms with Crippen LogP contribution >= 0.6 is 11.8 Å². The van der Waals surface area contributed by atoms with Gasteiger partial charge >= 0.3 is 5.97 Å². The van der Waals surface area contributed by atoms with Crippen LogP contribution in [-0.2, 0) is 14.3 Å². The molecule has 2 aromatic rings. The summed E-state index contributed by atoms with van der Waals surface area (Å²) in [4.78, 5) is 25.6. The highest BCUT2D eigenvalue weighted by Crippen LogP contribution is 2.43.